The number of ether oxygens (including phenoxy) is 1. The summed E-state index contributed by atoms with van der Waals surface area (Å²) in [5.74, 6) is 2.17. The molecular weight excluding hydrogens is 342 g/mol. The van der Waals surface area contributed by atoms with Crippen LogP contribution in [-0.2, 0) is 21.9 Å². The summed E-state index contributed by atoms with van der Waals surface area (Å²) in [4.78, 5) is 14.5. The number of carbonyl (C=O) groups is 1. The quantitative estimate of drug-likeness (QED) is 0.692. The van der Waals surface area contributed by atoms with Gasteiger partial charge in [0.25, 0.3) is 0 Å². The van der Waals surface area contributed by atoms with Gasteiger partial charge in [-0.1, -0.05) is 60.7 Å². The van der Waals surface area contributed by atoms with Crippen LogP contribution in [0.25, 0.3) is 0 Å². The highest BCUT2D eigenvalue weighted by Crippen LogP contribution is 2.19. The summed E-state index contributed by atoms with van der Waals surface area (Å²) in [5, 5.41) is 0. The average Bonchev–Trinajstić information content (AvgIpc) is 2.70. The first-order valence-electron chi connectivity index (χ1n) is 9.32. The van der Waals surface area contributed by atoms with Crippen molar-refractivity contribution in [3.8, 4) is 0 Å². The van der Waals surface area contributed by atoms with E-state index < -0.39 is 0 Å². The van der Waals surface area contributed by atoms with Gasteiger partial charge in [-0.05, 0) is 29.9 Å². The van der Waals surface area contributed by atoms with Gasteiger partial charge in [-0.15, -0.1) is 11.8 Å². The second kappa shape index (κ2) is 10.4. The van der Waals surface area contributed by atoms with Gasteiger partial charge in [0.1, 0.15) is 0 Å². The SMILES string of the molecule is O=C(CSCc1ccccc1)N1CCCC(COCc2ccccc2)C1. The third-order valence-corrected chi connectivity index (χ3v) is 5.66. The van der Waals surface area contributed by atoms with Crippen molar-refractivity contribution < 1.29 is 9.53 Å². The molecular formula is C22H27NO2S. The lowest BCUT2D eigenvalue weighted by Crippen LogP contribution is -2.42. The summed E-state index contributed by atoms with van der Waals surface area (Å²) in [7, 11) is 0. The largest absolute Gasteiger partial charge is 0.376 e. The number of benzene rings is 2. The number of piperidine rings is 1. The third-order valence-electron chi connectivity index (χ3n) is 4.67. The molecule has 0 aliphatic carbocycles. The van der Waals surface area contributed by atoms with Crippen LogP contribution in [-0.4, -0.2) is 36.3 Å². The van der Waals surface area contributed by atoms with Crippen LogP contribution in [0.3, 0.4) is 0 Å². The Labute approximate surface area is 160 Å². The molecule has 26 heavy (non-hydrogen) atoms. The van der Waals surface area contributed by atoms with Gasteiger partial charge in [-0.25, -0.2) is 0 Å². The highest BCUT2D eigenvalue weighted by Gasteiger charge is 2.23. The number of hydrogen-bond acceptors (Lipinski definition) is 3. The van der Waals surface area contributed by atoms with E-state index in [4.69, 9.17) is 4.74 Å². The number of likely N-dealkylation sites (tertiary alicyclic amines) is 1. The summed E-state index contributed by atoms with van der Waals surface area (Å²) < 4.78 is 5.88. The second-order valence-electron chi connectivity index (χ2n) is 6.83. The number of nitrogens with zero attached hydrogens (tertiary/aromatic N) is 1. The van der Waals surface area contributed by atoms with Gasteiger partial charge < -0.3 is 9.64 Å². The van der Waals surface area contributed by atoms with Crippen molar-refractivity contribution >= 4 is 17.7 Å². The first kappa shape index (κ1) is 19.0. The Morgan fingerprint density at radius 2 is 1.73 bits per heavy atom. The predicted molar refractivity (Wildman–Crippen MR) is 108 cm³/mol. The monoisotopic (exact) mass is 369 g/mol. The van der Waals surface area contributed by atoms with Crippen molar-refractivity contribution in [3.63, 3.8) is 0 Å². The molecule has 2 aromatic carbocycles. The van der Waals surface area contributed by atoms with E-state index in [2.05, 4.69) is 24.3 Å². The minimum absolute atomic E-state index is 0.263. The third kappa shape index (κ3) is 6.19. The van der Waals surface area contributed by atoms with Crippen molar-refractivity contribution in [1.29, 1.82) is 0 Å². The fraction of sp³-hybridized carbons (Fsp3) is 0.409. The summed E-state index contributed by atoms with van der Waals surface area (Å²) >= 11 is 1.70. The van der Waals surface area contributed by atoms with Crippen molar-refractivity contribution in [2.75, 3.05) is 25.4 Å². The predicted octanol–water partition coefficient (Wildman–Crippen LogP) is 4.38. The number of rotatable bonds is 8. The summed E-state index contributed by atoms with van der Waals surface area (Å²) in [6.07, 6.45) is 2.23. The lowest BCUT2D eigenvalue weighted by atomic mass is 9.99. The van der Waals surface area contributed by atoms with E-state index in [9.17, 15) is 4.79 Å². The number of carbonyl (C=O) groups excluding carboxylic acids is 1. The normalized spacial score (nSPS) is 17.2. The molecule has 1 aliphatic rings. The smallest absolute Gasteiger partial charge is 0.232 e. The average molecular weight is 370 g/mol. The molecule has 1 atom stereocenters. The van der Waals surface area contributed by atoms with E-state index >= 15 is 0 Å². The molecule has 1 heterocycles. The van der Waals surface area contributed by atoms with Crippen molar-refractivity contribution in [3.05, 3.63) is 71.8 Å². The molecule has 0 spiro atoms. The molecule has 4 heteroatoms. The zero-order valence-electron chi connectivity index (χ0n) is 15.2. The van der Waals surface area contributed by atoms with Gasteiger partial charge in [-0.2, -0.15) is 0 Å². The lowest BCUT2D eigenvalue weighted by molar-refractivity contribution is -0.130. The maximum absolute atomic E-state index is 12.5. The molecule has 1 amide bonds. The topological polar surface area (TPSA) is 29.5 Å². The molecule has 0 saturated carbocycles. The van der Waals surface area contributed by atoms with Gasteiger partial charge in [0, 0.05) is 18.8 Å². The Morgan fingerprint density at radius 1 is 1.04 bits per heavy atom. The van der Waals surface area contributed by atoms with E-state index in [0.29, 0.717) is 18.3 Å². The minimum Gasteiger partial charge on any atom is -0.376 e. The van der Waals surface area contributed by atoms with Crippen LogP contribution >= 0.6 is 11.8 Å². The van der Waals surface area contributed by atoms with Gasteiger partial charge in [0.05, 0.1) is 19.0 Å². The maximum atomic E-state index is 12.5. The number of amides is 1. The van der Waals surface area contributed by atoms with Crippen LogP contribution in [0, 0.1) is 5.92 Å². The van der Waals surface area contributed by atoms with Crippen LogP contribution in [0.15, 0.2) is 60.7 Å². The molecule has 2 aromatic rings. The fourth-order valence-electron chi connectivity index (χ4n) is 3.27. The van der Waals surface area contributed by atoms with E-state index in [1.54, 1.807) is 11.8 Å². The molecule has 0 N–H and O–H groups in total. The van der Waals surface area contributed by atoms with Gasteiger partial charge in [0.2, 0.25) is 5.91 Å². The van der Waals surface area contributed by atoms with E-state index in [0.717, 1.165) is 38.3 Å². The van der Waals surface area contributed by atoms with Crippen LogP contribution in [0.5, 0.6) is 0 Å². The first-order valence-corrected chi connectivity index (χ1v) is 10.5. The van der Waals surface area contributed by atoms with Gasteiger partial charge in [0.15, 0.2) is 0 Å². The van der Waals surface area contributed by atoms with Crippen LogP contribution in [0.1, 0.15) is 24.0 Å². The molecule has 3 nitrogen and oxygen atoms in total. The molecule has 0 aromatic heterocycles. The standard InChI is InChI=1S/C22H27NO2S/c24-22(18-26-17-20-10-5-2-6-11-20)23-13-7-12-21(14-23)16-25-15-19-8-3-1-4-9-19/h1-6,8-11,21H,7,12-18H2. The van der Waals surface area contributed by atoms with E-state index in [-0.39, 0.29) is 5.91 Å². The minimum atomic E-state index is 0.263. The Bertz CT molecular complexity index is 662. The molecule has 1 fully saturated rings. The Hall–Kier alpha value is -1.78. The first-order chi connectivity index (χ1) is 12.8. The summed E-state index contributed by atoms with van der Waals surface area (Å²) in [6, 6.07) is 20.6. The fourth-order valence-corrected chi connectivity index (χ4v) is 4.15. The van der Waals surface area contributed by atoms with Crippen molar-refractivity contribution in [2.24, 2.45) is 5.92 Å². The lowest BCUT2D eigenvalue weighted by Gasteiger charge is -2.32. The molecule has 138 valence electrons. The molecule has 3 rings (SSSR count). The molecule has 1 unspecified atom stereocenters. The maximum Gasteiger partial charge on any atom is 0.232 e. The van der Waals surface area contributed by atoms with Crippen LogP contribution < -0.4 is 0 Å². The molecule has 0 bridgehead atoms. The molecule has 1 saturated heterocycles. The molecule has 1 aliphatic heterocycles. The van der Waals surface area contributed by atoms with Crippen molar-refractivity contribution in [2.45, 2.75) is 25.2 Å². The zero-order chi connectivity index (χ0) is 18.0. The van der Waals surface area contributed by atoms with E-state index in [1.807, 2.05) is 41.3 Å². The van der Waals surface area contributed by atoms with Crippen molar-refractivity contribution in [1.82, 2.24) is 4.90 Å². The van der Waals surface area contributed by atoms with Gasteiger partial charge in [-0.3, -0.25) is 4.79 Å². The Balaban J connectivity index is 1.36. The highest BCUT2D eigenvalue weighted by molar-refractivity contribution is 7.99. The highest BCUT2D eigenvalue weighted by atomic mass is 32.2. The molecule has 0 radical (unpaired) electrons. The van der Waals surface area contributed by atoms with E-state index in [1.165, 1.54) is 11.1 Å². The zero-order valence-corrected chi connectivity index (χ0v) is 16.0. The number of thioether (sulfide) groups is 1. The summed E-state index contributed by atoms with van der Waals surface area (Å²) in [5.41, 5.74) is 2.48. The Morgan fingerprint density at radius 3 is 2.46 bits per heavy atom. The van der Waals surface area contributed by atoms with Gasteiger partial charge >= 0.3 is 0 Å². The second-order valence-corrected chi connectivity index (χ2v) is 7.81. The van der Waals surface area contributed by atoms with Crippen LogP contribution in [0.2, 0.25) is 0 Å². The summed E-state index contributed by atoms with van der Waals surface area (Å²) in [6.45, 7) is 3.10. The van der Waals surface area contributed by atoms with Crippen LogP contribution in [0.4, 0.5) is 0 Å². The Kier molecular flexibility index (Phi) is 7.59. The number of hydrogen-bond donors (Lipinski definition) is 0.